The minimum absolute atomic E-state index is 0.918. The molecule has 0 aliphatic carbocycles. The summed E-state index contributed by atoms with van der Waals surface area (Å²) in [5, 5.41) is 12.3. The average Bonchev–Trinajstić information content (AvgIpc) is 3.74. The molecule has 0 fully saturated rings. The third-order valence-electron chi connectivity index (χ3n) is 10.4. The fourth-order valence-corrected chi connectivity index (χ4v) is 9.39. The highest BCUT2D eigenvalue weighted by Crippen LogP contribution is 2.52. The number of furan rings is 1. The van der Waals surface area contributed by atoms with Crippen molar-refractivity contribution in [3.05, 3.63) is 170 Å². The first-order chi connectivity index (χ1) is 24.8. The van der Waals surface area contributed by atoms with E-state index in [2.05, 4.69) is 170 Å². The van der Waals surface area contributed by atoms with Crippen molar-refractivity contribution in [3.8, 4) is 33.4 Å². The van der Waals surface area contributed by atoms with Crippen LogP contribution < -0.4 is 0 Å². The maximum atomic E-state index is 6.88. The van der Waals surface area contributed by atoms with Crippen LogP contribution in [0.3, 0.4) is 0 Å². The molecule has 1 nitrogen and oxygen atoms in total. The Balaban J connectivity index is 1.26. The van der Waals surface area contributed by atoms with E-state index in [0.29, 0.717) is 0 Å². The lowest BCUT2D eigenvalue weighted by Crippen LogP contribution is -1.92. The summed E-state index contributed by atoms with van der Waals surface area (Å²) < 4.78 is 9.44. The molecule has 2 heteroatoms. The molecule has 0 aliphatic rings. The van der Waals surface area contributed by atoms with Gasteiger partial charge in [0.15, 0.2) is 0 Å². The smallest absolute Gasteiger partial charge is 0.144 e. The number of hydrogen-bond acceptors (Lipinski definition) is 2. The van der Waals surface area contributed by atoms with Gasteiger partial charge in [0.05, 0.1) is 0 Å². The van der Waals surface area contributed by atoms with Gasteiger partial charge in [-0.2, -0.15) is 0 Å². The Labute approximate surface area is 292 Å². The van der Waals surface area contributed by atoms with Crippen LogP contribution in [0.5, 0.6) is 0 Å². The lowest BCUT2D eigenvalue weighted by molar-refractivity contribution is 0.670. The maximum absolute atomic E-state index is 6.88. The SMILES string of the molecule is c1cc(-c2ccc3ccccc3c2)cc(-c2c3ccccc3c(-c3c4oc5ccccc5c4cc4sc5ccccc5c34)c3ccccc23)c1. The average molecular weight is 653 g/mol. The number of thiophene rings is 1. The highest BCUT2D eigenvalue weighted by Gasteiger charge is 2.24. The summed E-state index contributed by atoms with van der Waals surface area (Å²) in [7, 11) is 0. The number of para-hydroxylation sites is 1. The molecular weight excluding hydrogens is 625 g/mol. The third kappa shape index (κ3) is 4.00. The summed E-state index contributed by atoms with van der Waals surface area (Å²) in [6.07, 6.45) is 0. The first-order valence-corrected chi connectivity index (χ1v) is 17.9. The normalized spacial score (nSPS) is 12.0. The van der Waals surface area contributed by atoms with Crippen LogP contribution in [0.2, 0.25) is 0 Å². The van der Waals surface area contributed by atoms with Crippen LogP contribution in [0, 0.1) is 0 Å². The molecule has 232 valence electrons. The quantitative estimate of drug-likeness (QED) is 0.173. The Hall–Kier alpha value is -6.22. The van der Waals surface area contributed by atoms with Gasteiger partial charge in [-0.25, -0.2) is 0 Å². The van der Waals surface area contributed by atoms with Crippen molar-refractivity contribution >= 4 is 85.8 Å². The lowest BCUT2D eigenvalue weighted by atomic mass is 9.84. The molecule has 2 aromatic heterocycles. The van der Waals surface area contributed by atoms with E-state index in [9.17, 15) is 0 Å². The van der Waals surface area contributed by atoms with Gasteiger partial charge < -0.3 is 4.42 Å². The standard InChI is InChI=1S/C48H28OS/c1-2-13-30-26-32(25-24-29(30)12-1)31-14-11-15-33(27-31)44-35-17-3-5-19-37(35)45(38-20-6-4-18-36(38)44)47-46-39-21-8-10-23-42(39)50-43(46)28-40-34-16-7-9-22-41(34)49-48(40)47/h1-28H. The van der Waals surface area contributed by atoms with Crippen LogP contribution in [0.4, 0.5) is 0 Å². The van der Waals surface area contributed by atoms with Gasteiger partial charge in [-0.1, -0.05) is 140 Å². The van der Waals surface area contributed by atoms with Crippen LogP contribution in [0.1, 0.15) is 0 Å². The Kier molecular flexibility index (Phi) is 5.89. The lowest BCUT2D eigenvalue weighted by Gasteiger charge is -2.19. The predicted molar refractivity (Wildman–Crippen MR) is 215 cm³/mol. The topological polar surface area (TPSA) is 13.1 Å². The first kappa shape index (κ1) is 27.7. The molecule has 0 radical (unpaired) electrons. The van der Waals surface area contributed by atoms with Crippen molar-refractivity contribution in [2.24, 2.45) is 0 Å². The molecule has 11 aromatic rings. The van der Waals surface area contributed by atoms with E-state index >= 15 is 0 Å². The minimum atomic E-state index is 0.918. The van der Waals surface area contributed by atoms with Crippen molar-refractivity contribution in [1.29, 1.82) is 0 Å². The second-order valence-electron chi connectivity index (χ2n) is 13.2. The zero-order chi connectivity index (χ0) is 32.8. The number of rotatable bonds is 3. The molecule has 0 N–H and O–H groups in total. The summed E-state index contributed by atoms with van der Waals surface area (Å²) in [4.78, 5) is 0. The Morgan fingerprint density at radius 1 is 0.340 bits per heavy atom. The van der Waals surface area contributed by atoms with Gasteiger partial charge in [0.2, 0.25) is 0 Å². The number of hydrogen-bond donors (Lipinski definition) is 0. The van der Waals surface area contributed by atoms with Gasteiger partial charge >= 0.3 is 0 Å². The van der Waals surface area contributed by atoms with E-state index in [4.69, 9.17) is 4.42 Å². The molecule has 0 saturated heterocycles. The third-order valence-corrected chi connectivity index (χ3v) is 11.5. The van der Waals surface area contributed by atoms with Crippen molar-refractivity contribution in [3.63, 3.8) is 0 Å². The molecule has 0 atom stereocenters. The molecule has 50 heavy (non-hydrogen) atoms. The van der Waals surface area contributed by atoms with E-state index < -0.39 is 0 Å². The summed E-state index contributed by atoms with van der Waals surface area (Å²) >= 11 is 1.87. The summed E-state index contributed by atoms with van der Waals surface area (Å²) in [6.45, 7) is 0. The summed E-state index contributed by atoms with van der Waals surface area (Å²) in [6, 6.07) is 61.9. The van der Waals surface area contributed by atoms with E-state index in [1.807, 2.05) is 11.3 Å². The zero-order valence-corrected chi connectivity index (χ0v) is 27.8. The number of fused-ring (bicyclic) bond motifs is 9. The summed E-state index contributed by atoms with van der Waals surface area (Å²) in [5.74, 6) is 0. The van der Waals surface area contributed by atoms with Gasteiger partial charge in [-0.05, 0) is 84.9 Å². The van der Waals surface area contributed by atoms with Gasteiger partial charge in [0.1, 0.15) is 11.2 Å². The minimum Gasteiger partial charge on any atom is -0.455 e. The molecule has 0 spiro atoms. The van der Waals surface area contributed by atoms with Crippen molar-refractivity contribution in [1.82, 2.24) is 0 Å². The van der Waals surface area contributed by atoms with Crippen LogP contribution in [-0.2, 0) is 0 Å². The Morgan fingerprint density at radius 3 is 1.72 bits per heavy atom. The largest absolute Gasteiger partial charge is 0.455 e. The van der Waals surface area contributed by atoms with Crippen LogP contribution in [0.15, 0.2) is 174 Å². The van der Waals surface area contributed by atoms with E-state index in [0.717, 1.165) is 21.9 Å². The van der Waals surface area contributed by atoms with Gasteiger partial charge in [0.25, 0.3) is 0 Å². The van der Waals surface area contributed by atoms with E-state index in [1.54, 1.807) is 0 Å². The monoisotopic (exact) mass is 652 g/mol. The van der Waals surface area contributed by atoms with E-state index in [1.165, 1.54) is 85.9 Å². The van der Waals surface area contributed by atoms with Crippen molar-refractivity contribution in [2.45, 2.75) is 0 Å². The molecule has 0 aliphatic heterocycles. The molecule has 0 saturated carbocycles. The van der Waals surface area contributed by atoms with Gasteiger partial charge in [-0.15, -0.1) is 11.3 Å². The van der Waals surface area contributed by atoms with Crippen molar-refractivity contribution in [2.75, 3.05) is 0 Å². The second kappa shape index (κ2) is 10.6. The Bertz CT molecular complexity index is 3090. The Morgan fingerprint density at radius 2 is 0.940 bits per heavy atom. The van der Waals surface area contributed by atoms with Crippen molar-refractivity contribution < 1.29 is 4.42 Å². The molecular formula is C48H28OS. The maximum Gasteiger partial charge on any atom is 0.144 e. The second-order valence-corrected chi connectivity index (χ2v) is 14.3. The highest BCUT2D eigenvalue weighted by atomic mass is 32.1. The van der Waals surface area contributed by atoms with Crippen LogP contribution in [-0.4, -0.2) is 0 Å². The molecule has 0 bridgehead atoms. The molecule has 11 rings (SSSR count). The zero-order valence-electron chi connectivity index (χ0n) is 27.0. The van der Waals surface area contributed by atoms with Crippen LogP contribution in [0.25, 0.3) is 108 Å². The van der Waals surface area contributed by atoms with Crippen LogP contribution >= 0.6 is 11.3 Å². The van der Waals surface area contributed by atoms with Gasteiger partial charge in [-0.3, -0.25) is 0 Å². The number of benzene rings is 9. The van der Waals surface area contributed by atoms with E-state index in [-0.39, 0.29) is 0 Å². The molecule has 0 unspecified atom stereocenters. The molecule has 0 amide bonds. The predicted octanol–water partition coefficient (Wildman–Crippen LogP) is 14.4. The van der Waals surface area contributed by atoms with Gasteiger partial charge in [0, 0.05) is 42.1 Å². The highest BCUT2D eigenvalue weighted by molar-refractivity contribution is 7.26. The first-order valence-electron chi connectivity index (χ1n) is 17.1. The summed E-state index contributed by atoms with van der Waals surface area (Å²) in [5.41, 5.74) is 9.17. The fourth-order valence-electron chi connectivity index (χ4n) is 8.23. The molecule has 2 heterocycles. The fraction of sp³-hybridized carbons (Fsp3) is 0. The molecule has 9 aromatic carbocycles.